The fraction of sp³-hybridized carbons (Fsp3) is 0.230. The number of carbonyl (C=O) groups excluding carboxylic acids is 6. The van der Waals surface area contributed by atoms with Crippen molar-refractivity contribution in [1.29, 1.82) is 0 Å². The van der Waals surface area contributed by atoms with Gasteiger partial charge in [-0.3, -0.25) is 28.8 Å². The molecule has 5 aromatic heterocycles. The molecule has 18 nitrogen and oxygen atoms in total. The predicted molar refractivity (Wildman–Crippen MR) is 306 cm³/mol. The summed E-state index contributed by atoms with van der Waals surface area (Å²) in [5.74, 6) is -3.36. The maximum Gasteiger partial charge on any atom is 0.316 e. The molecular weight excluding hydrogens is 1120 g/mol. The number of nitrogens with one attached hydrogen (secondary N) is 2. The van der Waals surface area contributed by atoms with E-state index >= 15 is 8.78 Å². The molecule has 7 heterocycles. The Labute approximate surface area is 476 Å². The van der Waals surface area contributed by atoms with Gasteiger partial charge in [0.05, 0.1) is 31.7 Å². The van der Waals surface area contributed by atoms with Crippen molar-refractivity contribution < 1.29 is 42.3 Å². The topological polar surface area (TPSA) is 216 Å². The maximum absolute atomic E-state index is 17.0. The zero-order valence-corrected chi connectivity index (χ0v) is 46.1. The van der Waals surface area contributed by atoms with Gasteiger partial charge in [0.2, 0.25) is 23.6 Å². The number of likely N-dealkylation sites (tertiary alicyclic amines) is 2. The lowest BCUT2D eigenvalue weighted by Crippen LogP contribution is -2.44. The zero-order valence-electron chi connectivity index (χ0n) is 44.6. The molecule has 4 amide bonds. The predicted octanol–water partition coefficient (Wildman–Crippen LogP) is 9.56. The molecule has 0 unspecified atom stereocenters. The quantitative estimate of drug-likeness (QED) is 0.0683. The number of aromatic nitrogens is 7. The number of fused-ring (bicyclic) bond motifs is 2. The smallest absolute Gasteiger partial charge is 0.316 e. The van der Waals surface area contributed by atoms with Crippen molar-refractivity contribution in [3.8, 4) is 39.4 Å². The summed E-state index contributed by atoms with van der Waals surface area (Å²) in [6.07, 6.45) is 8.35. The van der Waals surface area contributed by atoms with Gasteiger partial charge in [0.25, 0.3) is 0 Å². The third-order valence-electron chi connectivity index (χ3n) is 15.1. The van der Waals surface area contributed by atoms with E-state index in [2.05, 4.69) is 51.7 Å². The van der Waals surface area contributed by atoms with Crippen LogP contribution in [0.4, 0.5) is 20.3 Å². The summed E-state index contributed by atoms with van der Waals surface area (Å²) in [6.45, 7) is 2.19. The van der Waals surface area contributed by atoms with Crippen LogP contribution in [0.1, 0.15) is 53.0 Å². The number of halogens is 3. The van der Waals surface area contributed by atoms with Crippen molar-refractivity contribution in [3.63, 3.8) is 0 Å². The van der Waals surface area contributed by atoms with Gasteiger partial charge in [-0.25, -0.2) is 23.7 Å². The van der Waals surface area contributed by atoms with Gasteiger partial charge in [0.1, 0.15) is 41.8 Å². The van der Waals surface area contributed by atoms with Crippen LogP contribution in [0.2, 0.25) is 0 Å². The Balaban J connectivity index is 0.819. The molecule has 4 atom stereocenters. The number of benzene rings is 4. The van der Waals surface area contributed by atoms with E-state index in [-0.39, 0.29) is 85.5 Å². The number of hydrogen-bond acceptors (Lipinski definition) is 12. The SMILES string of the molecule is COc1ncc(-c2ccc3c(c2)c(C(C)=O)cn3CC(=O)N2C[C@H](Cc3ccccc3-c3cccc(NC(=O)[C@@H]4C[C@@H](F)CN4C(=O)Cn4cc(C(C)=O)c5cc(-c6ccnnc6)ccc54)c3F)C[C@H]2C(=O)Nc2cccc(Br)n2)cn1. The molecule has 2 saturated heterocycles. The average molecular weight is 1170 g/mol. The van der Waals surface area contributed by atoms with Crippen molar-refractivity contribution in [2.45, 2.75) is 64.5 Å². The fourth-order valence-corrected chi connectivity index (χ4v) is 11.5. The van der Waals surface area contributed by atoms with Gasteiger partial charge < -0.3 is 34.3 Å². The van der Waals surface area contributed by atoms with Gasteiger partial charge in [-0.2, -0.15) is 10.2 Å². The molecular formula is C61H52BrF2N11O7. The molecule has 0 aliphatic carbocycles. The van der Waals surface area contributed by atoms with Gasteiger partial charge in [0, 0.05) is 87.4 Å². The Morgan fingerprint density at radius 3 is 1.90 bits per heavy atom. The number of rotatable bonds is 16. The first-order valence-electron chi connectivity index (χ1n) is 26.4. The minimum Gasteiger partial charge on any atom is -0.467 e. The molecule has 414 valence electrons. The molecule has 2 N–H and O–H groups in total. The highest BCUT2D eigenvalue weighted by molar-refractivity contribution is 9.10. The number of amides is 4. The van der Waals surface area contributed by atoms with Gasteiger partial charge in [-0.1, -0.05) is 54.6 Å². The van der Waals surface area contributed by atoms with Gasteiger partial charge in [0.15, 0.2) is 17.4 Å². The van der Waals surface area contributed by atoms with E-state index in [1.54, 1.807) is 106 Å². The van der Waals surface area contributed by atoms with Crippen molar-refractivity contribution in [2.75, 3.05) is 30.8 Å². The Kier molecular flexibility index (Phi) is 15.3. The van der Waals surface area contributed by atoms with Crippen LogP contribution in [0.3, 0.4) is 0 Å². The number of methoxy groups -OCH3 is 1. The molecule has 2 aliphatic heterocycles. The lowest BCUT2D eigenvalue weighted by atomic mass is 9.90. The summed E-state index contributed by atoms with van der Waals surface area (Å²) in [5, 5.41) is 14.5. The van der Waals surface area contributed by atoms with Gasteiger partial charge >= 0.3 is 6.01 Å². The summed E-state index contributed by atoms with van der Waals surface area (Å²) >= 11 is 3.36. The molecule has 11 rings (SSSR count). The van der Waals surface area contributed by atoms with Crippen LogP contribution in [-0.2, 0) is 38.7 Å². The Hall–Kier alpha value is -9.37. The lowest BCUT2D eigenvalue weighted by molar-refractivity contribution is -0.137. The molecule has 4 aromatic carbocycles. The molecule has 0 saturated carbocycles. The minimum absolute atomic E-state index is 0.157. The number of alkyl halides is 1. The molecule has 21 heteroatoms. The third kappa shape index (κ3) is 11.1. The molecule has 9 aromatic rings. The van der Waals surface area contributed by atoms with Crippen molar-refractivity contribution in [2.24, 2.45) is 5.92 Å². The monoisotopic (exact) mass is 1170 g/mol. The van der Waals surface area contributed by atoms with E-state index < -0.39 is 41.8 Å². The minimum atomic E-state index is -1.53. The molecule has 0 spiro atoms. The first-order valence-corrected chi connectivity index (χ1v) is 27.1. The van der Waals surface area contributed by atoms with E-state index in [4.69, 9.17) is 4.74 Å². The van der Waals surface area contributed by atoms with Crippen LogP contribution in [0, 0.1) is 11.7 Å². The van der Waals surface area contributed by atoms with Crippen LogP contribution in [0.5, 0.6) is 6.01 Å². The number of pyridine rings is 1. The normalized spacial score (nSPS) is 16.9. The van der Waals surface area contributed by atoms with E-state index in [0.717, 1.165) is 21.6 Å². The number of carbonyl (C=O) groups is 6. The number of anilines is 2. The van der Waals surface area contributed by atoms with Crippen LogP contribution in [-0.4, -0.2) is 118 Å². The molecule has 0 radical (unpaired) electrons. The number of Topliss-reactive ketones (excluding diaryl/α,β-unsaturated/α-hetero) is 2. The third-order valence-corrected chi connectivity index (χ3v) is 15.6. The van der Waals surface area contributed by atoms with Crippen molar-refractivity contribution in [3.05, 3.63) is 167 Å². The van der Waals surface area contributed by atoms with Crippen LogP contribution in [0.25, 0.3) is 55.2 Å². The number of ether oxygens (including phenoxy) is 1. The second-order valence-electron chi connectivity index (χ2n) is 20.4. The van der Waals surface area contributed by atoms with Crippen LogP contribution in [0.15, 0.2) is 145 Å². The largest absolute Gasteiger partial charge is 0.467 e. The highest BCUT2D eigenvalue weighted by Gasteiger charge is 2.42. The summed E-state index contributed by atoms with van der Waals surface area (Å²) in [6, 6.07) is 27.6. The van der Waals surface area contributed by atoms with Crippen molar-refractivity contribution >= 4 is 84.4 Å². The van der Waals surface area contributed by atoms with Crippen LogP contribution >= 0.6 is 15.9 Å². The fourth-order valence-electron chi connectivity index (χ4n) is 11.2. The summed E-state index contributed by atoms with van der Waals surface area (Å²) in [7, 11) is 1.47. The Morgan fingerprint density at radius 1 is 0.659 bits per heavy atom. The average Bonchev–Trinajstić information content (AvgIpc) is 4.31. The molecule has 2 fully saturated rings. The second-order valence-corrected chi connectivity index (χ2v) is 21.2. The lowest BCUT2D eigenvalue weighted by Gasteiger charge is -2.24. The maximum atomic E-state index is 17.0. The second kappa shape index (κ2) is 23.0. The van der Waals surface area contributed by atoms with Crippen LogP contribution < -0.4 is 15.4 Å². The summed E-state index contributed by atoms with van der Waals surface area (Å²) in [5.41, 5.74) is 6.21. The Bertz CT molecular complexity index is 4010. The number of nitrogens with zero attached hydrogens (tertiary/aromatic N) is 9. The summed E-state index contributed by atoms with van der Waals surface area (Å²) < 4.78 is 41.2. The molecule has 82 heavy (non-hydrogen) atoms. The number of hydrogen-bond donors (Lipinski definition) is 2. The first kappa shape index (κ1) is 54.6. The van der Waals surface area contributed by atoms with Gasteiger partial charge in [-0.05, 0) is 119 Å². The highest BCUT2D eigenvalue weighted by atomic mass is 79.9. The van der Waals surface area contributed by atoms with Gasteiger partial charge in [-0.15, -0.1) is 0 Å². The van der Waals surface area contributed by atoms with E-state index in [1.807, 2.05) is 42.5 Å². The zero-order chi connectivity index (χ0) is 57.3. The molecule has 2 aliphatic rings. The standard InChI is InChI=1S/C61H52BrF2N11O7/c1-34(76)47-30-73(50-16-14-37(22-45(47)50)40-18-19-67-68-27-40)33-57(79)75-29-42(63)24-53(75)59(80)69-49-11-6-10-44(58(49)64)43-9-5-4-8-39(43)20-36-21-52(60(81)71-55-13-7-12-54(62)70-55)74(28-36)56(78)32-72-31-48(35(2)77)46-23-38(15-17-51(46)72)41-25-65-61(82-3)66-26-41/h4-19,22-23,25-27,30-31,36,42,52-53H,20-21,24,28-29,32-33H2,1-3H3,(H,69,80)(H,70,71,81)/t36-,42-,52+,53+/m1/s1. The summed E-state index contributed by atoms with van der Waals surface area (Å²) in [4.78, 5) is 98.5. The number of ketones is 2. The molecule has 0 bridgehead atoms. The highest BCUT2D eigenvalue weighted by Crippen LogP contribution is 2.37. The van der Waals surface area contributed by atoms with E-state index in [1.165, 1.54) is 27.0 Å². The van der Waals surface area contributed by atoms with Crippen molar-refractivity contribution in [1.82, 2.24) is 44.1 Å². The first-order chi connectivity index (χ1) is 39.6. The van der Waals surface area contributed by atoms with E-state index in [9.17, 15) is 28.8 Å². The van der Waals surface area contributed by atoms with E-state index in [0.29, 0.717) is 60.6 Å². The Morgan fingerprint density at radius 2 is 1.27 bits per heavy atom.